The summed E-state index contributed by atoms with van der Waals surface area (Å²) in [5.74, 6) is -1.81. The number of rotatable bonds is 14. The van der Waals surface area contributed by atoms with E-state index in [-0.39, 0.29) is 12.1 Å². The monoisotopic (exact) mass is 376 g/mol. The van der Waals surface area contributed by atoms with Crippen LogP contribution in [-0.2, 0) is 9.59 Å². The van der Waals surface area contributed by atoms with Crippen LogP contribution in [0.4, 0.5) is 0 Å². The first-order valence-electron chi connectivity index (χ1n) is 9.13. The van der Waals surface area contributed by atoms with Crippen molar-refractivity contribution < 1.29 is 24.9 Å². The number of nitrogens with one attached hydrogen (secondary N) is 2. The average molecular weight is 376 g/mol. The third-order valence-electron chi connectivity index (χ3n) is 3.59. The first kappa shape index (κ1) is 26.4. The van der Waals surface area contributed by atoms with Gasteiger partial charge in [0.2, 0.25) is 0 Å². The number of aliphatic hydroxyl groups is 1. The SMILES string of the molecule is CC(O)CCCCCCCCC(=O)O.N=C(N)NCCCC(N)C(=O)O. The van der Waals surface area contributed by atoms with Crippen LogP contribution < -0.4 is 16.8 Å². The topological polar surface area (TPSA) is 183 Å². The molecule has 0 aromatic carbocycles. The highest BCUT2D eigenvalue weighted by atomic mass is 16.4. The maximum Gasteiger partial charge on any atom is 0.320 e. The van der Waals surface area contributed by atoms with E-state index in [2.05, 4.69) is 5.32 Å². The lowest BCUT2D eigenvalue weighted by atomic mass is 10.1. The molecule has 0 radical (unpaired) electrons. The van der Waals surface area contributed by atoms with E-state index in [1.807, 2.05) is 6.92 Å². The highest BCUT2D eigenvalue weighted by Gasteiger charge is 2.09. The van der Waals surface area contributed by atoms with Crippen molar-refractivity contribution >= 4 is 17.9 Å². The van der Waals surface area contributed by atoms with E-state index in [0.29, 0.717) is 25.8 Å². The van der Waals surface area contributed by atoms with Crippen LogP contribution in [0.15, 0.2) is 0 Å². The summed E-state index contributed by atoms with van der Waals surface area (Å²) in [5, 5.41) is 35.1. The Kier molecular flexibility index (Phi) is 18.2. The van der Waals surface area contributed by atoms with Gasteiger partial charge in [-0.15, -0.1) is 0 Å². The quantitative estimate of drug-likeness (QED) is 0.134. The molecule has 0 heterocycles. The Morgan fingerprint density at radius 3 is 2.00 bits per heavy atom. The van der Waals surface area contributed by atoms with Gasteiger partial charge in [0.15, 0.2) is 5.96 Å². The minimum atomic E-state index is -1.00. The normalized spacial score (nSPS) is 12.4. The predicted octanol–water partition coefficient (Wildman–Crippen LogP) is 1.23. The summed E-state index contributed by atoms with van der Waals surface area (Å²) in [4.78, 5) is 20.4. The van der Waals surface area contributed by atoms with Gasteiger partial charge in [0.1, 0.15) is 6.04 Å². The van der Waals surface area contributed by atoms with Crippen LogP contribution in [0.1, 0.15) is 71.1 Å². The molecule has 0 rings (SSSR count). The summed E-state index contributed by atoms with van der Waals surface area (Å²) >= 11 is 0. The van der Waals surface area contributed by atoms with Crippen LogP contribution in [0.3, 0.4) is 0 Å². The zero-order valence-corrected chi connectivity index (χ0v) is 15.7. The number of guanidine groups is 1. The van der Waals surface area contributed by atoms with Gasteiger partial charge in [-0.3, -0.25) is 15.0 Å². The molecule has 9 N–H and O–H groups in total. The number of hydrogen-bond donors (Lipinski definition) is 7. The molecule has 2 unspecified atom stereocenters. The van der Waals surface area contributed by atoms with Crippen molar-refractivity contribution in [1.29, 1.82) is 5.41 Å². The Balaban J connectivity index is 0. The number of carboxylic acids is 2. The number of carboxylic acid groups (broad SMARTS) is 2. The van der Waals surface area contributed by atoms with Crippen molar-refractivity contribution in [1.82, 2.24) is 5.32 Å². The number of aliphatic hydroxyl groups excluding tert-OH is 1. The van der Waals surface area contributed by atoms with Crippen molar-refractivity contribution in [3.05, 3.63) is 0 Å². The molecule has 0 aromatic rings. The molecule has 0 aliphatic heterocycles. The van der Waals surface area contributed by atoms with Crippen molar-refractivity contribution in [3.8, 4) is 0 Å². The van der Waals surface area contributed by atoms with Gasteiger partial charge in [-0.2, -0.15) is 0 Å². The van der Waals surface area contributed by atoms with Crippen LogP contribution in [-0.4, -0.2) is 51.9 Å². The summed E-state index contributed by atoms with van der Waals surface area (Å²) < 4.78 is 0. The summed E-state index contributed by atoms with van der Waals surface area (Å²) in [6.45, 7) is 2.29. The van der Waals surface area contributed by atoms with Gasteiger partial charge in [0, 0.05) is 13.0 Å². The smallest absolute Gasteiger partial charge is 0.320 e. The molecule has 0 saturated carbocycles. The molecule has 26 heavy (non-hydrogen) atoms. The second-order valence-electron chi connectivity index (χ2n) is 6.33. The first-order valence-corrected chi connectivity index (χ1v) is 9.13. The Hall–Kier alpha value is -1.87. The van der Waals surface area contributed by atoms with E-state index in [1.54, 1.807) is 0 Å². The average Bonchev–Trinajstić information content (AvgIpc) is 2.53. The number of carbonyl (C=O) groups is 2. The lowest BCUT2D eigenvalue weighted by Gasteiger charge is -2.06. The van der Waals surface area contributed by atoms with Gasteiger partial charge in [-0.1, -0.05) is 32.1 Å². The molecule has 0 aliphatic rings. The Morgan fingerprint density at radius 1 is 1.00 bits per heavy atom. The van der Waals surface area contributed by atoms with E-state index in [0.717, 1.165) is 44.9 Å². The van der Waals surface area contributed by atoms with E-state index in [1.165, 1.54) is 0 Å². The standard InChI is InChI=1S/C11H22O3.C6H14N4O2/c1-10(12)8-6-4-2-3-5-7-9-11(13)14;7-4(5(11)12)2-1-3-10-6(8)9/h10,12H,2-9H2,1H3,(H,13,14);4H,1-3,7H2,(H,11,12)(H4,8,9,10). The number of aliphatic carboxylic acids is 2. The maximum absolute atomic E-state index is 10.2. The fourth-order valence-corrected chi connectivity index (χ4v) is 2.09. The van der Waals surface area contributed by atoms with Gasteiger partial charge in [-0.25, -0.2) is 0 Å². The molecule has 2 atom stereocenters. The van der Waals surface area contributed by atoms with Gasteiger partial charge in [0.25, 0.3) is 0 Å². The van der Waals surface area contributed by atoms with E-state index >= 15 is 0 Å². The third kappa shape index (κ3) is 24.4. The number of nitrogens with two attached hydrogens (primary N) is 2. The first-order chi connectivity index (χ1) is 12.2. The van der Waals surface area contributed by atoms with E-state index < -0.39 is 18.0 Å². The molecular formula is C17H36N4O5. The number of hydrogen-bond acceptors (Lipinski definition) is 5. The second kappa shape index (κ2) is 17.9. The molecular weight excluding hydrogens is 340 g/mol. The van der Waals surface area contributed by atoms with Gasteiger partial charge < -0.3 is 32.1 Å². The van der Waals surface area contributed by atoms with Crippen LogP contribution in [0, 0.1) is 5.41 Å². The summed E-state index contributed by atoms with van der Waals surface area (Å²) in [5.41, 5.74) is 10.2. The second-order valence-corrected chi connectivity index (χ2v) is 6.33. The third-order valence-corrected chi connectivity index (χ3v) is 3.59. The zero-order chi connectivity index (χ0) is 20.4. The van der Waals surface area contributed by atoms with Crippen molar-refractivity contribution in [2.24, 2.45) is 11.5 Å². The molecule has 0 amide bonds. The highest BCUT2D eigenvalue weighted by molar-refractivity contribution is 5.74. The maximum atomic E-state index is 10.2. The molecule has 0 bridgehead atoms. The Bertz CT molecular complexity index is 391. The van der Waals surface area contributed by atoms with Gasteiger partial charge in [-0.05, 0) is 32.6 Å². The molecule has 0 aliphatic carbocycles. The molecule has 9 heteroatoms. The zero-order valence-electron chi connectivity index (χ0n) is 15.7. The molecule has 0 aromatic heterocycles. The lowest BCUT2D eigenvalue weighted by molar-refractivity contribution is -0.139. The minimum Gasteiger partial charge on any atom is -0.481 e. The van der Waals surface area contributed by atoms with Crippen molar-refractivity contribution in [2.45, 2.75) is 83.3 Å². The number of unbranched alkanes of at least 4 members (excludes halogenated alkanes) is 5. The molecule has 154 valence electrons. The van der Waals surface area contributed by atoms with Gasteiger partial charge in [0.05, 0.1) is 6.10 Å². The molecule has 0 spiro atoms. The van der Waals surface area contributed by atoms with Crippen molar-refractivity contribution in [2.75, 3.05) is 6.54 Å². The minimum absolute atomic E-state index is 0.112. The van der Waals surface area contributed by atoms with Crippen LogP contribution >= 0.6 is 0 Å². The summed E-state index contributed by atoms with van der Waals surface area (Å²) in [6, 6.07) is -0.821. The van der Waals surface area contributed by atoms with Crippen LogP contribution in [0.2, 0.25) is 0 Å². The van der Waals surface area contributed by atoms with Gasteiger partial charge >= 0.3 is 11.9 Å². The highest BCUT2D eigenvalue weighted by Crippen LogP contribution is 2.09. The molecule has 9 nitrogen and oxygen atoms in total. The van der Waals surface area contributed by atoms with Crippen LogP contribution in [0.25, 0.3) is 0 Å². The summed E-state index contributed by atoms with van der Waals surface area (Å²) in [7, 11) is 0. The Morgan fingerprint density at radius 2 is 1.54 bits per heavy atom. The van der Waals surface area contributed by atoms with Crippen molar-refractivity contribution in [3.63, 3.8) is 0 Å². The summed E-state index contributed by atoms with van der Waals surface area (Å²) in [6.07, 6.45) is 8.30. The predicted molar refractivity (Wildman–Crippen MR) is 101 cm³/mol. The largest absolute Gasteiger partial charge is 0.481 e. The Labute approximate surface area is 155 Å². The molecule has 0 saturated heterocycles. The van der Waals surface area contributed by atoms with E-state index in [4.69, 9.17) is 32.2 Å². The molecule has 0 fully saturated rings. The van der Waals surface area contributed by atoms with E-state index in [9.17, 15) is 9.59 Å². The fraction of sp³-hybridized carbons (Fsp3) is 0.824. The lowest BCUT2D eigenvalue weighted by Crippen LogP contribution is -2.34. The fourth-order valence-electron chi connectivity index (χ4n) is 2.09. The van der Waals surface area contributed by atoms with Crippen LogP contribution in [0.5, 0.6) is 0 Å².